The molecule has 2 nitrogen and oxygen atoms in total. The molecule has 0 aliphatic rings. The highest BCUT2D eigenvalue weighted by atomic mass is 16.5. The average Bonchev–Trinajstić information content (AvgIpc) is 2.33. The van der Waals surface area contributed by atoms with Crippen molar-refractivity contribution in [2.24, 2.45) is 0 Å². The van der Waals surface area contributed by atoms with Crippen LogP contribution in [-0.4, -0.2) is 19.2 Å². The molecule has 0 aromatic heterocycles. The Labute approximate surface area is 112 Å². The molecule has 1 aromatic carbocycles. The Bertz CT molecular complexity index is 374. The van der Waals surface area contributed by atoms with Crippen LogP contribution in [0.1, 0.15) is 43.4 Å². The molecule has 0 aliphatic carbocycles. The van der Waals surface area contributed by atoms with Crippen LogP contribution in [-0.2, 0) is 0 Å². The maximum atomic E-state index is 5.91. The summed E-state index contributed by atoms with van der Waals surface area (Å²) < 4.78 is 5.91. The van der Waals surface area contributed by atoms with E-state index < -0.39 is 0 Å². The van der Waals surface area contributed by atoms with E-state index in [0.29, 0.717) is 6.04 Å². The van der Waals surface area contributed by atoms with Gasteiger partial charge in [0.1, 0.15) is 12.4 Å². The zero-order valence-corrected chi connectivity index (χ0v) is 12.5. The molecule has 1 rings (SSSR count). The van der Waals surface area contributed by atoms with Crippen LogP contribution in [0.3, 0.4) is 0 Å². The first kappa shape index (κ1) is 15.0. The fourth-order valence-electron chi connectivity index (χ4n) is 2.14. The maximum absolute atomic E-state index is 5.91. The molecule has 0 aliphatic heterocycles. The monoisotopic (exact) mass is 249 g/mol. The van der Waals surface area contributed by atoms with Crippen molar-refractivity contribution in [2.45, 2.75) is 53.5 Å². The molecule has 0 saturated carbocycles. The molecule has 1 unspecified atom stereocenters. The van der Waals surface area contributed by atoms with Crippen LogP contribution in [0, 0.1) is 20.8 Å². The van der Waals surface area contributed by atoms with Crippen LogP contribution in [0.25, 0.3) is 0 Å². The summed E-state index contributed by atoms with van der Waals surface area (Å²) in [5.74, 6) is 1.06. The standard InChI is InChI=1S/C16H27NO/c1-6-7-14(4)17-10-11-18-16-13(3)9-8-12(2)15(16)5/h8-9,14,17H,6-7,10-11H2,1-5H3. The second-order valence-corrected chi connectivity index (χ2v) is 5.15. The molecule has 18 heavy (non-hydrogen) atoms. The van der Waals surface area contributed by atoms with Gasteiger partial charge >= 0.3 is 0 Å². The van der Waals surface area contributed by atoms with Crippen molar-refractivity contribution >= 4 is 0 Å². The lowest BCUT2D eigenvalue weighted by molar-refractivity contribution is 0.301. The number of benzene rings is 1. The Balaban J connectivity index is 2.42. The van der Waals surface area contributed by atoms with Gasteiger partial charge < -0.3 is 10.1 Å². The summed E-state index contributed by atoms with van der Waals surface area (Å²) in [6.45, 7) is 12.5. The summed E-state index contributed by atoms with van der Waals surface area (Å²) in [6, 6.07) is 4.86. The minimum Gasteiger partial charge on any atom is -0.492 e. The summed E-state index contributed by atoms with van der Waals surface area (Å²) >= 11 is 0. The van der Waals surface area contributed by atoms with E-state index in [0.717, 1.165) is 18.9 Å². The number of hydrogen-bond acceptors (Lipinski definition) is 2. The highest BCUT2D eigenvalue weighted by Crippen LogP contribution is 2.25. The van der Waals surface area contributed by atoms with Gasteiger partial charge in [0.25, 0.3) is 0 Å². The molecule has 0 amide bonds. The van der Waals surface area contributed by atoms with Gasteiger partial charge in [0.05, 0.1) is 0 Å². The molecule has 1 N–H and O–H groups in total. The molecule has 0 heterocycles. The van der Waals surface area contributed by atoms with Gasteiger partial charge in [-0.15, -0.1) is 0 Å². The van der Waals surface area contributed by atoms with Gasteiger partial charge in [-0.2, -0.15) is 0 Å². The van der Waals surface area contributed by atoms with E-state index in [1.54, 1.807) is 0 Å². The van der Waals surface area contributed by atoms with Crippen molar-refractivity contribution < 1.29 is 4.74 Å². The van der Waals surface area contributed by atoms with Crippen LogP contribution < -0.4 is 10.1 Å². The Morgan fingerprint density at radius 1 is 1.17 bits per heavy atom. The zero-order valence-electron chi connectivity index (χ0n) is 12.5. The van der Waals surface area contributed by atoms with Crippen molar-refractivity contribution in [3.8, 4) is 5.75 Å². The van der Waals surface area contributed by atoms with Crippen molar-refractivity contribution in [1.82, 2.24) is 5.32 Å². The molecule has 102 valence electrons. The van der Waals surface area contributed by atoms with E-state index in [1.165, 1.54) is 29.5 Å². The number of nitrogens with one attached hydrogen (secondary N) is 1. The number of ether oxygens (including phenoxy) is 1. The Morgan fingerprint density at radius 2 is 1.83 bits per heavy atom. The van der Waals surface area contributed by atoms with Crippen LogP contribution in [0.2, 0.25) is 0 Å². The van der Waals surface area contributed by atoms with Crippen LogP contribution in [0.4, 0.5) is 0 Å². The van der Waals surface area contributed by atoms with E-state index in [4.69, 9.17) is 4.74 Å². The predicted octanol–water partition coefficient (Wildman–Crippen LogP) is 3.77. The molecule has 0 saturated heterocycles. The van der Waals surface area contributed by atoms with Gasteiger partial charge in [-0.05, 0) is 50.8 Å². The summed E-state index contributed by atoms with van der Waals surface area (Å²) in [7, 11) is 0. The quantitative estimate of drug-likeness (QED) is 0.743. The Hall–Kier alpha value is -1.02. The van der Waals surface area contributed by atoms with Gasteiger partial charge in [0.2, 0.25) is 0 Å². The van der Waals surface area contributed by atoms with Crippen LogP contribution in [0.5, 0.6) is 5.75 Å². The van der Waals surface area contributed by atoms with Crippen LogP contribution in [0.15, 0.2) is 12.1 Å². The third-order valence-electron chi connectivity index (χ3n) is 3.44. The molecule has 0 bridgehead atoms. The number of rotatable bonds is 7. The third-order valence-corrected chi connectivity index (χ3v) is 3.44. The SMILES string of the molecule is CCCC(C)NCCOc1c(C)ccc(C)c1C. The van der Waals surface area contributed by atoms with E-state index in [2.05, 4.69) is 52.1 Å². The van der Waals surface area contributed by atoms with Crippen molar-refractivity contribution in [3.63, 3.8) is 0 Å². The van der Waals surface area contributed by atoms with Gasteiger partial charge in [-0.3, -0.25) is 0 Å². The maximum Gasteiger partial charge on any atom is 0.125 e. The summed E-state index contributed by atoms with van der Waals surface area (Å²) in [4.78, 5) is 0. The molecule has 1 atom stereocenters. The molecule has 0 fully saturated rings. The second kappa shape index (κ2) is 7.42. The largest absolute Gasteiger partial charge is 0.492 e. The second-order valence-electron chi connectivity index (χ2n) is 5.15. The highest BCUT2D eigenvalue weighted by molar-refractivity contribution is 5.44. The van der Waals surface area contributed by atoms with Crippen molar-refractivity contribution in [1.29, 1.82) is 0 Å². The minimum absolute atomic E-state index is 0.582. The summed E-state index contributed by atoms with van der Waals surface area (Å²) in [6.07, 6.45) is 2.45. The number of hydrogen-bond donors (Lipinski definition) is 1. The lowest BCUT2D eigenvalue weighted by Crippen LogP contribution is -2.30. The van der Waals surface area contributed by atoms with E-state index in [-0.39, 0.29) is 0 Å². The first-order valence-electron chi connectivity index (χ1n) is 6.99. The normalized spacial score (nSPS) is 12.5. The Morgan fingerprint density at radius 3 is 2.50 bits per heavy atom. The molecule has 2 heteroatoms. The molecule has 1 aromatic rings. The summed E-state index contributed by atoms with van der Waals surface area (Å²) in [5.41, 5.74) is 3.78. The number of aryl methyl sites for hydroxylation is 2. The van der Waals surface area contributed by atoms with E-state index in [9.17, 15) is 0 Å². The lowest BCUT2D eigenvalue weighted by atomic mass is 10.1. The first-order chi connectivity index (χ1) is 8.56. The van der Waals surface area contributed by atoms with Gasteiger partial charge in [0, 0.05) is 12.6 Å². The molecular formula is C16H27NO. The van der Waals surface area contributed by atoms with Gasteiger partial charge in [0.15, 0.2) is 0 Å². The molecular weight excluding hydrogens is 222 g/mol. The fraction of sp³-hybridized carbons (Fsp3) is 0.625. The predicted molar refractivity (Wildman–Crippen MR) is 78.5 cm³/mol. The summed E-state index contributed by atoms with van der Waals surface area (Å²) in [5, 5.41) is 3.48. The fourth-order valence-corrected chi connectivity index (χ4v) is 2.14. The molecule has 0 radical (unpaired) electrons. The first-order valence-corrected chi connectivity index (χ1v) is 6.99. The topological polar surface area (TPSA) is 21.3 Å². The molecule has 0 spiro atoms. The van der Waals surface area contributed by atoms with E-state index >= 15 is 0 Å². The smallest absolute Gasteiger partial charge is 0.125 e. The third kappa shape index (κ3) is 4.34. The highest BCUT2D eigenvalue weighted by Gasteiger charge is 2.06. The van der Waals surface area contributed by atoms with E-state index in [1.807, 2.05) is 0 Å². The van der Waals surface area contributed by atoms with Crippen molar-refractivity contribution in [2.75, 3.05) is 13.2 Å². The van der Waals surface area contributed by atoms with Crippen LogP contribution >= 0.6 is 0 Å². The van der Waals surface area contributed by atoms with Gasteiger partial charge in [-0.25, -0.2) is 0 Å². The van der Waals surface area contributed by atoms with Gasteiger partial charge in [-0.1, -0.05) is 25.5 Å². The lowest BCUT2D eigenvalue weighted by Gasteiger charge is -2.16. The Kier molecular flexibility index (Phi) is 6.20. The zero-order chi connectivity index (χ0) is 13.5. The minimum atomic E-state index is 0.582. The van der Waals surface area contributed by atoms with Crippen molar-refractivity contribution in [3.05, 3.63) is 28.8 Å². The average molecular weight is 249 g/mol.